The van der Waals surface area contributed by atoms with Crippen LogP contribution in [-0.4, -0.2) is 11.0 Å². The topological polar surface area (TPSA) is 38.9 Å². The van der Waals surface area contributed by atoms with Gasteiger partial charge in [0, 0.05) is 22.9 Å². The SMILES string of the molecule is CC1CCC(C)c2cc(-c3csc(C4CCC(N)CC4)n3)ccc21. The van der Waals surface area contributed by atoms with Crippen LogP contribution in [0.3, 0.4) is 0 Å². The molecule has 0 spiro atoms. The third-order valence-corrected chi connectivity index (χ3v) is 7.13. The molecule has 24 heavy (non-hydrogen) atoms. The first-order valence-electron chi connectivity index (χ1n) is 9.47. The van der Waals surface area contributed by atoms with Crippen LogP contribution < -0.4 is 5.73 Å². The minimum atomic E-state index is 0.407. The highest BCUT2D eigenvalue weighted by atomic mass is 32.1. The molecule has 1 saturated carbocycles. The van der Waals surface area contributed by atoms with Gasteiger partial charge in [0.25, 0.3) is 0 Å². The first kappa shape index (κ1) is 16.3. The van der Waals surface area contributed by atoms with Crippen molar-refractivity contribution in [3.8, 4) is 11.3 Å². The van der Waals surface area contributed by atoms with E-state index in [1.54, 1.807) is 11.1 Å². The molecule has 0 amide bonds. The standard InChI is InChI=1S/C21H28N2S/c1-13-3-4-14(2)19-11-16(7-10-18(13)19)20-12-24-21(23-20)15-5-8-17(22)9-6-15/h7,10-15,17H,3-6,8-9,22H2,1-2H3. The van der Waals surface area contributed by atoms with Crippen LogP contribution in [0.25, 0.3) is 11.3 Å². The van der Waals surface area contributed by atoms with Crippen LogP contribution >= 0.6 is 11.3 Å². The first-order chi connectivity index (χ1) is 11.6. The Bertz CT molecular complexity index is 712. The zero-order chi connectivity index (χ0) is 16.7. The van der Waals surface area contributed by atoms with E-state index >= 15 is 0 Å². The number of hydrogen-bond acceptors (Lipinski definition) is 3. The van der Waals surface area contributed by atoms with Gasteiger partial charge < -0.3 is 5.73 Å². The van der Waals surface area contributed by atoms with Crippen LogP contribution in [0.5, 0.6) is 0 Å². The predicted octanol–water partition coefficient (Wildman–Crippen LogP) is 5.80. The molecular weight excluding hydrogens is 312 g/mol. The molecule has 1 aromatic carbocycles. The lowest BCUT2D eigenvalue weighted by atomic mass is 9.77. The molecule has 0 bridgehead atoms. The molecule has 2 atom stereocenters. The van der Waals surface area contributed by atoms with E-state index in [9.17, 15) is 0 Å². The molecule has 0 saturated heterocycles. The number of nitrogens with zero attached hydrogens (tertiary/aromatic N) is 1. The Labute approximate surface area is 149 Å². The van der Waals surface area contributed by atoms with Crippen LogP contribution in [0.4, 0.5) is 0 Å². The molecule has 128 valence electrons. The van der Waals surface area contributed by atoms with Crippen molar-refractivity contribution in [2.24, 2.45) is 5.73 Å². The first-order valence-corrected chi connectivity index (χ1v) is 10.3. The van der Waals surface area contributed by atoms with Crippen molar-refractivity contribution in [1.82, 2.24) is 4.98 Å². The molecule has 3 heteroatoms. The summed E-state index contributed by atoms with van der Waals surface area (Å²) < 4.78 is 0. The maximum absolute atomic E-state index is 6.04. The van der Waals surface area contributed by atoms with E-state index in [1.807, 2.05) is 11.3 Å². The zero-order valence-electron chi connectivity index (χ0n) is 14.8. The fourth-order valence-corrected chi connectivity index (χ4v) is 5.39. The zero-order valence-corrected chi connectivity index (χ0v) is 15.6. The number of rotatable bonds is 2. The minimum Gasteiger partial charge on any atom is -0.328 e. The number of nitrogens with two attached hydrogens (primary N) is 1. The second-order valence-corrected chi connectivity index (χ2v) is 8.80. The monoisotopic (exact) mass is 340 g/mol. The van der Waals surface area contributed by atoms with Gasteiger partial charge in [-0.15, -0.1) is 11.3 Å². The maximum Gasteiger partial charge on any atom is 0.0963 e. The normalized spacial score (nSPS) is 30.1. The maximum atomic E-state index is 6.04. The third-order valence-electron chi connectivity index (χ3n) is 6.12. The van der Waals surface area contributed by atoms with E-state index in [1.165, 1.54) is 36.3 Å². The molecule has 1 aromatic heterocycles. The van der Waals surface area contributed by atoms with Crippen molar-refractivity contribution in [3.63, 3.8) is 0 Å². The fourth-order valence-electron chi connectivity index (χ4n) is 4.39. The molecule has 4 rings (SSSR count). The Kier molecular flexibility index (Phi) is 4.48. The van der Waals surface area contributed by atoms with Gasteiger partial charge in [-0.3, -0.25) is 0 Å². The molecule has 2 aliphatic carbocycles. The highest BCUT2D eigenvalue weighted by Gasteiger charge is 2.24. The third kappa shape index (κ3) is 3.04. The molecule has 2 nitrogen and oxygen atoms in total. The van der Waals surface area contributed by atoms with Gasteiger partial charge in [-0.2, -0.15) is 0 Å². The molecule has 2 aromatic rings. The van der Waals surface area contributed by atoms with Gasteiger partial charge in [0.1, 0.15) is 0 Å². The number of aromatic nitrogens is 1. The Morgan fingerprint density at radius 2 is 1.67 bits per heavy atom. The van der Waals surface area contributed by atoms with Crippen LogP contribution in [0.1, 0.15) is 86.3 Å². The highest BCUT2D eigenvalue weighted by Crippen LogP contribution is 2.41. The second-order valence-electron chi connectivity index (χ2n) is 7.91. The van der Waals surface area contributed by atoms with Gasteiger partial charge in [0.15, 0.2) is 0 Å². The summed E-state index contributed by atoms with van der Waals surface area (Å²) in [4.78, 5) is 5.00. The predicted molar refractivity (Wildman–Crippen MR) is 103 cm³/mol. The average molecular weight is 341 g/mol. The number of thiazole rings is 1. The lowest BCUT2D eigenvalue weighted by Crippen LogP contribution is -2.25. The summed E-state index contributed by atoms with van der Waals surface area (Å²) in [6.07, 6.45) is 7.32. The van der Waals surface area contributed by atoms with Crippen molar-refractivity contribution in [3.05, 3.63) is 39.7 Å². The van der Waals surface area contributed by atoms with E-state index in [-0.39, 0.29) is 0 Å². The lowest BCUT2D eigenvalue weighted by molar-refractivity contribution is 0.395. The molecule has 2 unspecified atom stereocenters. The van der Waals surface area contributed by atoms with Crippen molar-refractivity contribution >= 4 is 11.3 Å². The van der Waals surface area contributed by atoms with Crippen LogP contribution in [0, 0.1) is 0 Å². The van der Waals surface area contributed by atoms with E-state index in [4.69, 9.17) is 10.7 Å². The van der Waals surface area contributed by atoms with Crippen molar-refractivity contribution in [2.45, 2.75) is 76.2 Å². The van der Waals surface area contributed by atoms with Crippen molar-refractivity contribution in [2.75, 3.05) is 0 Å². The van der Waals surface area contributed by atoms with Gasteiger partial charge in [0.2, 0.25) is 0 Å². The molecule has 2 aliphatic rings. The summed E-state index contributed by atoms with van der Waals surface area (Å²) in [7, 11) is 0. The van der Waals surface area contributed by atoms with Crippen molar-refractivity contribution in [1.29, 1.82) is 0 Å². The Hall–Kier alpha value is -1.19. The van der Waals surface area contributed by atoms with Gasteiger partial charge in [-0.1, -0.05) is 26.0 Å². The van der Waals surface area contributed by atoms with E-state index < -0.39 is 0 Å². The summed E-state index contributed by atoms with van der Waals surface area (Å²) in [5, 5.41) is 3.57. The lowest BCUT2D eigenvalue weighted by Gasteiger charge is -2.28. The van der Waals surface area contributed by atoms with Crippen LogP contribution in [-0.2, 0) is 0 Å². The molecule has 0 radical (unpaired) electrons. The van der Waals surface area contributed by atoms with E-state index in [2.05, 4.69) is 37.4 Å². The number of fused-ring (bicyclic) bond motifs is 1. The molecule has 0 aliphatic heterocycles. The Morgan fingerprint density at radius 1 is 0.958 bits per heavy atom. The Balaban J connectivity index is 1.60. The second kappa shape index (κ2) is 6.61. The van der Waals surface area contributed by atoms with Crippen LogP contribution in [0.15, 0.2) is 23.6 Å². The number of benzene rings is 1. The summed E-state index contributed by atoms with van der Waals surface area (Å²) in [5.74, 6) is 2.00. The van der Waals surface area contributed by atoms with Gasteiger partial charge in [-0.25, -0.2) is 4.98 Å². The average Bonchev–Trinajstić information content (AvgIpc) is 3.09. The van der Waals surface area contributed by atoms with Crippen LogP contribution in [0.2, 0.25) is 0 Å². The molecular formula is C21H28N2S. The fraction of sp³-hybridized carbons (Fsp3) is 0.571. The highest BCUT2D eigenvalue weighted by molar-refractivity contribution is 7.10. The summed E-state index contributed by atoms with van der Waals surface area (Å²) in [6, 6.07) is 7.45. The van der Waals surface area contributed by atoms with Gasteiger partial charge >= 0.3 is 0 Å². The Morgan fingerprint density at radius 3 is 2.42 bits per heavy atom. The largest absolute Gasteiger partial charge is 0.328 e. The number of hydrogen-bond donors (Lipinski definition) is 1. The van der Waals surface area contributed by atoms with E-state index in [0.717, 1.165) is 18.5 Å². The summed E-state index contributed by atoms with van der Waals surface area (Å²) in [5.41, 5.74) is 11.6. The molecule has 1 fully saturated rings. The van der Waals surface area contributed by atoms with Gasteiger partial charge in [-0.05, 0) is 67.6 Å². The quantitative estimate of drug-likeness (QED) is 0.751. The summed E-state index contributed by atoms with van der Waals surface area (Å²) >= 11 is 1.84. The summed E-state index contributed by atoms with van der Waals surface area (Å²) in [6.45, 7) is 4.73. The van der Waals surface area contributed by atoms with Crippen molar-refractivity contribution < 1.29 is 0 Å². The molecule has 2 N–H and O–H groups in total. The minimum absolute atomic E-state index is 0.407. The van der Waals surface area contributed by atoms with E-state index in [0.29, 0.717) is 23.8 Å². The smallest absolute Gasteiger partial charge is 0.0963 e. The molecule has 1 heterocycles. The van der Waals surface area contributed by atoms with Gasteiger partial charge in [0.05, 0.1) is 10.7 Å².